The fourth-order valence-electron chi connectivity index (χ4n) is 5.86. The van der Waals surface area contributed by atoms with Crippen LogP contribution in [0.5, 0.6) is 5.75 Å². The van der Waals surface area contributed by atoms with Crippen LogP contribution in [0, 0.1) is 0 Å². The molecule has 1 amide bonds. The fraction of sp³-hybridized carbons (Fsp3) is 0.132. The summed E-state index contributed by atoms with van der Waals surface area (Å²) >= 11 is 0. The number of allylic oxidation sites excluding steroid dienone is 2. The van der Waals surface area contributed by atoms with Crippen LogP contribution in [0.2, 0.25) is 0 Å². The van der Waals surface area contributed by atoms with Crippen molar-refractivity contribution in [3.63, 3.8) is 0 Å². The number of carboxylic acids is 1. The van der Waals surface area contributed by atoms with Gasteiger partial charge in [-0.3, -0.25) is 9.59 Å². The number of aliphatic carboxylic acids is 1. The van der Waals surface area contributed by atoms with E-state index in [-0.39, 0.29) is 40.4 Å². The summed E-state index contributed by atoms with van der Waals surface area (Å²) in [5.74, 6) is -1.29. The van der Waals surface area contributed by atoms with E-state index in [1.807, 2.05) is 35.8 Å². The Morgan fingerprint density at radius 3 is 2.41 bits per heavy atom. The molecule has 11 heteroatoms. The van der Waals surface area contributed by atoms with Crippen molar-refractivity contribution in [2.24, 2.45) is 0 Å². The van der Waals surface area contributed by atoms with E-state index in [4.69, 9.17) is 0 Å². The average molecular weight is 678 g/mol. The first-order chi connectivity index (χ1) is 23.6. The molecule has 1 unspecified atom stereocenters. The lowest BCUT2D eigenvalue weighted by Crippen LogP contribution is -2.36. The first-order valence-electron chi connectivity index (χ1n) is 15.5. The maximum Gasteiger partial charge on any atom is 0.345 e. The zero-order chi connectivity index (χ0) is 34.5. The first kappa shape index (κ1) is 33.4. The summed E-state index contributed by atoms with van der Waals surface area (Å²) in [5, 5.41) is 51.1. The molecule has 6 rings (SSSR count). The summed E-state index contributed by atoms with van der Waals surface area (Å²) in [6, 6.07) is 28.3. The highest BCUT2D eigenvalue weighted by atomic mass is 32.2. The van der Waals surface area contributed by atoms with Gasteiger partial charge in [-0.2, -0.15) is 10.9 Å². The third-order valence-corrected chi connectivity index (χ3v) is 10.5. The molecular formula is C38H35N3O7S. The van der Waals surface area contributed by atoms with E-state index in [1.54, 1.807) is 72.8 Å². The Balaban J connectivity index is 1.04. The molecule has 1 aliphatic heterocycles. The van der Waals surface area contributed by atoms with Crippen molar-refractivity contribution < 1.29 is 30.0 Å². The van der Waals surface area contributed by atoms with Crippen molar-refractivity contribution in [3.8, 4) is 5.75 Å². The predicted molar refractivity (Wildman–Crippen MR) is 191 cm³/mol. The second-order valence-electron chi connectivity index (χ2n) is 11.6. The number of aliphatic hydroxyl groups is 2. The molecule has 0 bridgehead atoms. The van der Waals surface area contributed by atoms with Crippen LogP contribution in [0.3, 0.4) is 0 Å². The van der Waals surface area contributed by atoms with Crippen molar-refractivity contribution in [1.82, 2.24) is 15.6 Å². The van der Waals surface area contributed by atoms with Gasteiger partial charge in [0.2, 0.25) is 11.2 Å². The molecular weight excluding hydrogens is 642 g/mol. The number of rotatable bonds is 12. The number of carbonyl (C=O) groups excluding carboxylic acids is 1. The molecule has 0 fully saturated rings. The van der Waals surface area contributed by atoms with Gasteiger partial charge in [0.25, 0.3) is 5.91 Å². The maximum atomic E-state index is 13.1. The number of pyridine rings is 1. The van der Waals surface area contributed by atoms with Gasteiger partial charge in [0.15, 0.2) is 0 Å². The molecule has 5 aromatic rings. The molecule has 3 atom stereocenters. The van der Waals surface area contributed by atoms with Gasteiger partial charge in [-0.15, -0.1) is 0 Å². The largest absolute Gasteiger partial charge is 0.506 e. The number of H-pyrrole nitrogens is 1. The lowest BCUT2D eigenvalue weighted by atomic mass is 9.85. The minimum absolute atomic E-state index is 0.0704. The van der Waals surface area contributed by atoms with E-state index in [2.05, 4.69) is 15.6 Å². The number of aromatic nitrogens is 1. The summed E-state index contributed by atoms with van der Waals surface area (Å²) in [6.45, 7) is 0.662. The smallest absolute Gasteiger partial charge is 0.345 e. The molecule has 0 saturated heterocycles. The highest BCUT2D eigenvalue weighted by Gasteiger charge is 2.40. The summed E-state index contributed by atoms with van der Waals surface area (Å²) in [4.78, 5) is 40.6. The SMILES string of the molecule is O=C(NC[SH]1C=CC=C1c1cccc([C@](O)(C(=O)O)c2ccccc2)c1)c1ccc(CNC[C@H](O)c2ccc(O)c3[nH]c(=O)ccc23)cc1. The van der Waals surface area contributed by atoms with Gasteiger partial charge in [0.1, 0.15) is 5.75 Å². The van der Waals surface area contributed by atoms with Gasteiger partial charge in [0.05, 0.1) is 17.5 Å². The summed E-state index contributed by atoms with van der Waals surface area (Å²) in [5.41, 5.74) is 0.962. The Labute approximate surface area is 284 Å². The van der Waals surface area contributed by atoms with E-state index < -0.39 is 28.6 Å². The van der Waals surface area contributed by atoms with Crippen molar-refractivity contribution >= 4 is 38.6 Å². The lowest BCUT2D eigenvalue weighted by Gasteiger charge is -2.26. The van der Waals surface area contributed by atoms with Crippen LogP contribution in [-0.4, -0.2) is 49.7 Å². The highest BCUT2D eigenvalue weighted by Crippen LogP contribution is 2.47. The number of benzene rings is 4. The Kier molecular flexibility index (Phi) is 9.79. The molecule has 7 N–H and O–H groups in total. The van der Waals surface area contributed by atoms with Crippen LogP contribution < -0.4 is 16.2 Å². The third kappa shape index (κ3) is 7.06. The van der Waals surface area contributed by atoms with Crippen LogP contribution >= 0.6 is 10.9 Å². The average Bonchev–Trinajstić information content (AvgIpc) is 3.60. The maximum absolute atomic E-state index is 13.1. The number of hydrogen-bond donors (Lipinski definition) is 8. The minimum Gasteiger partial charge on any atom is -0.506 e. The Hall–Kier alpha value is -5.46. The molecule has 1 aromatic heterocycles. The molecule has 4 aromatic carbocycles. The van der Waals surface area contributed by atoms with Gasteiger partial charge >= 0.3 is 5.97 Å². The Morgan fingerprint density at radius 2 is 1.65 bits per heavy atom. The number of phenols is 1. The Morgan fingerprint density at radius 1 is 0.898 bits per heavy atom. The Bertz CT molecular complexity index is 2130. The highest BCUT2D eigenvalue weighted by molar-refractivity contribution is 8.27. The molecule has 0 aliphatic carbocycles. The molecule has 0 spiro atoms. The molecule has 0 radical (unpaired) electrons. The van der Waals surface area contributed by atoms with Crippen LogP contribution in [0.25, 0.3) is 15.8 Å². The first-order valence-corrected chi connectivity index (χ1v) is 17.1. The van der Waals surface area contributed by atoms with Crippen molar-refractivity contribution in [1.29, 1.82) is 0 Å². The van der Waals surface area contributed by atoms with E-state index in [1.165, 1.54) is 12.1 Å². The van der Waals surface area contributed by atoms with Crippen LogP contribution in [-0.2, 0) is 16.9 Å². The number of hydrogen-bond acceptors (Lipinski definition) is 7. The van der Waals surface area contributed by atoms with Gasteiger partial charge < -0.3 is 36.0 Å². The number of aromatic hydroxyl groups is 1. The number of carbonyl (C=O) groups is 2. The summed E-state index contributed by atoms with van der Waals surface area (Å²) in [6.07, 6.45) is 2.98. The summed E-state index contributed by atoms with van der Waals surface area (Å²) < 4.78 is 0. The zero-order valence-electron chi connectivity index (χ0n) is 26.2. The second-order valence-corrected chi connectivity index (χ2v) is 13.7. The van der Waals surface area contributed by atoms with E-state index >= 15 is 0 Å². The molecule has 0 saturated carbocycles. The fourth-order valence-corrected chi connectivity index (χ4v) is 7.65. The standard InChI is InChI=1S/C38H35N3O7S/c42-31-17-15-29(30-16-18-34(44)41-35(30)31)32(43)22-39-21-24-11-13-25(14-12-24)36(45)40-23-49-19-5-10-33(49)26-6-4-9-28(20-26)38(48,37(46)47)27-7-2-1-3-8-27/h1-20,32,39,42-43,48-49H,21-23H2,(H,40,45)(H,41,44)(H,46,47)/t32-,38-/m0/s1. The minimum atomic E-state index is -2.22. The summed E-state index contributed by atoms with van der Waals surface area (Å²) in [7, 11) is -0.926. The van der Waals surface area contributed by atoms with Crippen molar-refractivity contribution in [2.75, 3.05) is 12.4 Å². The van der Waals surface area contributed by atoms with Gasteiger partial charge in [-0.05, 0) is 69.0 Å². The van der Waals surface area contributed by atoms with Gasteiger partial charge in [-0.25, -0.2) is 4.79 Å². The van der Waals surface area contributed by atoms with Crippen molar-refractivity contribution in [2.45, 2.75) is 18.2 Å². The number of fused-ring (bicyclic) bond motifs is 1. The number of nitrogens with one attached hydrogen (secondary N) is 3. The molecule has 49 heavy (non-hydrogen) atoms. The molecule has 250 valence electrons. The van der Waals surface area contributed by atoms with Gasteiger partial charge in [0, 0.05) is 35.7 Å². The van der Waals surface area contributed by atoms with Crippen LogP contribution in [0.4, 0.5) is 0 Å². The number of aliphatic hydroxyl groups excluding tert-OH is 1. The third-order valence-electron chi connectivity index (χ3n) is 8.47. The van der Waals surface area contributed by atoms with Gasteiger partial charge in [-0.1, -0.05) is 72.8 Å². The van der Waals surface area contributed by atoms with E-state index in [0.717, 1.165) is 16.0 Å². The molecule has 2 heterocycles. The predicted octanol–water partition coefficient (Wildman–Crippen LogP) is 4.63. The van der Waals surface area contributed by atoms with E-state index in [9.17, 15) is 34.8 Å². The number of aromatic amines is 1. The van der Waals surface area contributed by atoms with Crippen molar-refractivity contribution in [3.05, 3.63) is 164 Å². The number of amides is 1. The monoisotopic (exact) mass is 677 g/mol. The number of thiol groups is 1. The van der Waals surface area contributed by atoms with Crippen LogP contribution in [0.1, 0.15) is 44.3 Å². The number of phenolic OH excluding ortho intramolecular Hbond substituents is 1. The lowest BCUT2D eigenvalue weighted by molar-refractivity contribution is -0.155. The molecule has 1 aliphatic rings. The zero-order valence-corrected chi connectivity index (χ0v) is 27.1. The number of carboxylic acid groups (broad SMARTS) is 1. The molecule has 10 nitrogen and oxygen atoms in total. The second kappa shape index (κ2) is 14.3. The van der Waals surface area contributed by atoms with Crippen LogP contribution in [0.15, 0.2) is 125 Å². The van der Waals surface area contributed by atoms with E-state index in [0.29, 0.717) is 28.9 Å². The normalized spacial score (nSPS) is 16.5. The topological polar surface area (TPSA) is 172 Å². The quantitative estimate of drug-likeness (QED) is 0.0883.